The summed E-state index contributed by atoms with van der Waals surface area (Å²) in [6.45, 7) is 5.97. The van der Waals surface area contributed by atoms with E-state index in [2.05, 4.69) is 41.5 Å². The normalized spacial score (nSPS) is 16.5. The Balaban J connectivity index is 0.838. The third-order valence-corrected chi connectivity index (χ3v) is 11.2. The molecule has 2 saturated heterocycles. The second-order valence-corrected chi connectivity index (χ2v) is 15.5. The van der Waals surface area contributed by atoms with Crippen LogP contribution in [-0.4, -0.2) is 111 Å². The van der Waals surface area contributed by atoms with E-state index in [1.807, 2.05) is 24.0 Å². The first-order valence-corrected chi connectivity index (χ1v) is 20.1. The SMILES string of the molecule is Cc1nc(Nc2ncc(C(=O)Nc3c(C)cccc3Cl)s2)cc(N2CCN(C(=O)CCC(=O)NCCNc3cccc4c3C(=O)N(C3CCC(=O)NC3=O)C4=O)CC2)n1. The van der Waals surface area contributed by atoms with Gasteiger partial charge in [-0.25, -0.2) is 15.0 Å². The van der Waals surface area contributed by atoms with Crippen molar-refractivity contribution >= 4 is 92.4 Å². The Kier molecular flexibility index (Phi) is 12.1. The molecule has 0 aliphatic carbocycles. The number of nitrogens with zero attached hydrogens (tertiary/aromatic N) is 6. The first kappa shape index (κ1) is 40.7. The van der Waals surface area contributed by atoms with E-state index in [0.717, 1.165) is 10.5 Å². The largest absolute Gasteiger partial charge is 0.383 e. The molecule has 2 aromatic carbocycles. The predicted octanol–water partition coefficient (Wildman–Crippen LogP) is 3.26. The lowest BCUT2D eigenvalue weighted by Gasteiger charge is -2.35. The summed E-state index contributed by atoms with van der Waals surface area (Å²) >= 11 is 7.44. The van der Waals surface area contributed by atoms with Crippen LogP contribution in [-0.2, 0) is 19.2 Å². The number of thiazole rings is 1. The summed E-state index contributed by atoms with van der Waals surface area (Å²) in [6, 6.07) is 10.8. The molecule has 2 fully saturated rings. The van der Waals surface area contributed by atoms with Crippen LogP contribution in [0.4, 0.5) is 28.1 Å². The van der Waals surface area contributed by atoms with Gasteiger partial charge in [-0.15, -0.1) is 0 Å². The highest BCUT2D eigenvalue weighted by Gasteiger charge is 2.45. The van der Waals surface area contributed by atoms with Crippen LogP contribution in [0, 0.1) is 13.8 Å². The lowest BCUT2D eigenvalue weighted by Crippen LogP contribution is -2.54. The van der Waals surface area contributed by atoms with Gasteiger partial charge >= 0.3 is 0 Å². The van der Waals surface area contributed by atoms with Crippen LogP contribution < -0.4 is 31.5 Å². The first-order chi connectivity index (χ1) is 28.4. The van der Waals surface area contributed by atoms with Crippen molar-refractivity contribution in [3.05, 3.63) is 81.1 Å². The Hall–Kier alpha value is -6.47. The third-order valence-electron chi connectivity index (χ3n) is 10.0. The van der Waals surface area contributed by atoms with Crippen molar-refractivity contribution in [2.24, 2.45) is 0 Å². The molecule has 18 nitrogen and oxygen atoms in total. The van der Waals surface area contributed by atoms with Gasteiger partial charge in [-0.3, -0.25) is 43.8 Å². The highest BCUT2D eigenvalue weighted by atomic mass is 35.5. The number of imide groups is 2. The van der Waals surface area contributed by atoms with Crippen LogP contribution in [0.5, 0.6) is 0 Å². The van der Waals surface area contributed by atoms with E-state index in [1.54, 1.807) is 36.1 Å². The fourth-order valence-corrected chi connectivity index (χ4v) is 7.99. The number of aromatic nitrogens is 3. The monoisotopic (exact) mass is 841 g/mol. The number of anilines is 5. The topological polar surface area (TPSA) is 228 Å². The number of nitrogens with one attached hydrogen (secondary N) is 5. The molecule has 7 rings (SSSR count). The van der Waals surface area contributed by atoms with E-state index < -0.39 is 29.7 Å². The van der Waals surface area contributed by atoms with Crippen molar-refractivity contribution in [3.63, 3.8) is 0 Å². The number of rotatable bonds is 13. The molecule has 0 saturated carbocycles. The zero-order chi connectivity index (χ0) is 41.8. The van der Waals surface area contributed by atoms with Crippen LogP contribution >= 0.6 is 22.9 Å². The maximum Gasteiger partial charge on any atom is 0.267 e. The maximum absolute atomic E-state index is 13.3. The number of aryl methyl sites for hydroxylation is 2. The van der Waals surface area contributed by atoms with Crippen molar-refractivity contribution in [3.8, 4) is 0 Å². The molecule has 1 atom stereocenters. The van der Waals surface area contributed by atoms with E-state index >= 15 is 0 Å². The van der Waals surface area contributed by atoms with E-state index in [1.165, 1.54) is 23.6 Å². The van der Waals surface area contributed by atoms with E-state index in [0.29, 0.717) is 70.0 Å². The van der Waals surface area contributed by atoms with E-state index in [9.17, 15) is 33.6 Å². The van der Waals surface area contributed by atoms with Crippen molar-refractivity contribution < 1.29 is 33.6 Å². The number of carbonyl (C=O) groups is 7. The summed E-state index contributed by atoms with van der Waals surface area (Å²) in [7, 11) is 0. The molecule has 7 amide bonds. The van der Waals surface area contributed by atoms with Crippen molar-refractivity contribution in [1.82, 2.24) is 35.4 Å². The molecule has 5 heterocycles. The minimum atomic E-state index is -1.07. The van der Waals surface area contributed by atoms with Crippen LogP contribution in [0.25, 0.3) is 0 Å². The Morgan fingerprint density at radius 3 is 2.49 bits per heavy atom. The fraction of sp³-hybridized carbons (Fsp3) is 0.333. The number of fused-ring (bicyclic) bond motifs is 1. The molecule has 4 aromatic rings. The Morgan fingerprint density at radius 1 is 0.949 bits per heavy atom. The zero-order valence-electron chi connectivity index (χ0n) is 32.1. The molecule has 306 valence electrons. The number of amides is 7. The number of piperidine rings is 1. The molecule has 0 spiro atoms. The van der Waals surface area contributed by atoms with Crippen molar-refractivity contribution in [2.45, 2.75) is 45.6 Å². The zero-order valence-corrected chi connectivity index (χ0v) is 33.7. The minimum absolute atomic E-state index is 0.00636. The minimum Gasteiger partial charge on any atom is -0.383 e. The standard InChI is InChI=1S/C39H40ClN11O7S/c1-21-5-3-7-24(40)34(21)48-36(56)27-20-43-39(59-27)46-28-19-29(45-22(2)44-28)49-15-17-50(18-16-49)32(54)12-11-30(52)42-14-13-41-25-8-4-6-23-33(25)38(58)51(37(23)57)26-9-10-31(53)47-35(26)55/h3-8,19-20,26,41H,9-18H2,1-2H3,(H,42,52)(H,48,56)(H,47,53,55)(H,43,44,45,46). The molecule has 20 heteroatoms. The molecule has 2 aromatic heterocycles. The molecule has 3 aliphatic rings. The molecule has 0 bridgehead atoms. The molecule has 5 N–H and O–H groups in total. The summed E-state index contributed by atoms with van der Waals surface area (Å²) < 4.78 is 0. The summed E-state index contributed by atoms with van der Waals surface area (Å²) in [5.74, 6) is -1.45. The fourth-order valence-electron chi connectivity index (χ4n) is 7.00. The summed E-state index contributed by atoms with van der Waals surface area (Å²) in [5, 5.41) is 15.0. The van der Waals surface area contributed by atoms with Crippen molar-refractivity contribution in [2.75, 3.05) is 60.1 Å². The highest BCUT2D eigenvalue weighted by Crippen LogP contribution is 2.33. The van der Waals surface area contributed by atoms with Gasteiger partial charge < -0.3 is 31.1 Å². The Bertz CT molecular complexity index is 2340. The maximum atomic E-state index is 13.3. The van der Waals surface area contributed by atoms with Crippen LogP contribution in [0.3, 0.4) is 0 Å². The molecular weight excluding hydrogens is 802 g/mol. The molecule has 1 unspecified atom stereocenters. The van der Waals surface area contributed by atoms with Crippen LogP contribution in [0.15, 0.2) is 48.7 Å². The van der Waals surface area contributed by atoms with Gasteiger partial charge in [-0.2, -0.15) is 0 Å². The summed E-state index contributed by atoms with van der Waals surface area (Å²) in [4.78, 5) is 107. The van der Waals surface area contributed by atoms with E-state index in [4.69, 9.17) is 11.6 Å². The van der Waals surface area contributed by atoms with Gasteiger partial charge in [0, 0.05) is 70.3 Å². The van der Waals surface area contributed by atoms with Gasteiger partial charge in [0.05, 0.1) is 28.0 Å². The average Bonchev–Trinajstić information content (AvgIpc) is 3.78. The van der Waals surface area contributed by atoms with E-state index in [-0.39, 0.29) is 67.6 Å². The summed E-state index contributed by atoms with van der Waals surface area (Å²) in [5.41, 5.74) is 2.04. The smallest absolute Gasteiger partial charge is 0.267 e. The highest BCUT2D eigenvalue weighted by molar-refractivity contribution is 7.17. The van der Waals surface area contributed by atoms with Crippen LogP contribution in [0.1, 0.15) is 67.5 Å². The second-order valence-electron chi connectivity index (χ2n) is 14.0. The van der Waals surface area contributed by atoms with Crippen LogP contribution in [0.2, 0.25) is 5.02 Å². The quantitative estimate of drug-likeness (QED) is 0.0964. The van der Waals surface area contributed by atoms with Gasteiger partial charge in [0.1, 0.15) is 28.4 Å². The number of halogens is 1. The van der Waals surface area contributed by atoms with Gasteiger partial charge in [-0.1, -0.05) is 41.1 Å². The average molecular weight is 842 g/mol. The predicted molar refractivity (Wildman–Crippen MR) is 219 cm³/mol. The lowest BCUT2D eigenvalue weighted by atomic mass is 10.0. The third kappa shape index (κ3) is 9.15. The second kappa shape index (κ2) is 17.6. The van der Waals surface area contributed by atoms with Crippen molar-refractivity contribution in [1.29, 1.82) is 0 Å². The molecule has 59 heavy (non-hydrogen) atoms. The number of para-hydroxylation sites is 1. The molecule has 3 aliphatic heterocycles. The number of piperazine rings is 1. The Morgan fingerprint density at radius 2 is 1.73 bits per heavy atom. The Labute approximate surface area is 347 Å². The lowest BCUT2D eigenvalue weighted by molar-refractivity contribution is -0.136. The number of hydrogen-bond acceptors (Lipinski definition) is 14. The molecule has 0 radical (unpaired) electrons. The van der Waals surface area contributed by atoms with Gasteiger partial charge in [0.25, 0.3) is 17.7 Å². The number of hydrogen-bond donors (Lipinski definition) is 5. The number of benzene rings is 2. The van der Waals surface area contributed by atoms with Gasteiger partial charge in [0.15, 0.2) is 5.13 Å². The van der Waals surface area contributed by atoms with Gasteiger partial charge in [0.2, 0.25) is 23.6 Å². The van der Waals surface area contributed by atoms with Gasteiger partial charge in [-0.05, 0) is 44.0 Å². The number of carbonyl (C=O) groups excluding carboxylic acids is 7. The first-order valence-electron chi connectivity index (χ1n) is 18.9. The molecular formula is C39H40ClN11O7S. The summed E-state index contributed by atoms with van der Waals surface area (Å²) in [6.07, 6.45) is 1.58.